The Morgan fingerprint density at radius 3 is 2.57 bits per heavy atom. The summed E-state index contributed by atoms with van der Waals surface area (Å²) in [5.74, 6) is -0.854. The highest BCUT2D eigenvalue weighted by Crippen LogP contribution is 2.25. The molecule has 2 aromatic rings. The summed E-state index contributed by atoms with van der Waals surface area (Å²) in [4.78, 5) is 33.7. The molecule has 0 bridgehead atoms. The predicted octanol–water partition coefficient (Wildman–Crippen LogP) is 2.61. The number of nitrogens with zero attached hydrogens (tertiary/aromatic N) is 3. The average molecular weight is 488 g/mol. The minimum absolute atomic E-state index is 0.0412. The van der Waals surface area contributed by atoms with Crippen molar-refractivity contribution in [3.63, 3.8) is 0 Å². The van der Waals surface area contributed by atoms with Crippen LogP contribution < -0.4 is 21.1 Å². The van der Waals surface area contributed by atoms with Crippen molar-refractivity contribution in [2.75, 3.05) is 19.7 Å². The van der Waals surface area contributed by atoms with Crippen molar-refractivity contribution >= 4 is 18.1 Å². The summed E-state index contributed by atoms with van der Waals surface area (Å²) in [6.07, 6.45) is 3.64. The van der Waals surface area contributed by atoms with Gasteiger partial charge < -0.3 is 25.4 Å². The van der Waals surface area contributed by atoms with Gasteiger partial charge in [-0.05, 0) is 32.6 Å². The fourth-order valence-corrected chi connectivity index (χ4v) is 3.57. The van der Waals surface area contributed by atoms with Crippen LogP contribution in [0.15, 0.2) is 30.6 Å². The van der Waals surface area contributed by atoms with Gasteiger partial charge in [-0.3, -0.25) is 10.7 Å². The molecule has 3 rings (SSSR count). The van der Waals surface area contributed by atoms with Gasteiger partial charge in [0.2, 0.25) is 0 Å². The SMILES string of the molecule is CC(C)NC(=O)N1CCC(COc2ncc(-c3cccc(COC(=O)NC(=N)N)c3F)cn2)CC1. The van der Waals surface area contributed by atoms with Gasteiger partial charge in [-0.1, -0.05) is 18.2 Å². The van der Waals surface area contributed by atoms with E-state index in [1.165, 1.54) is 18.5 Å². The number of carbonyl (C=O) groups is 2. The van der Waals surface area contributed by atoms with Gasteiger partial charge in [0.1, 0.15) is 12.4 Å². The molecule has 188 valence electrons. The van der Waals surface area contributed by atoms with E-state index in [1.807, 2.05) is 24.1 Å². The molecule has 0 spiro atoms. The van der Waals surface area contributed by atoms with Crippen molar-refractivity contribution in [1.29, 1.82) is 5.41 Å². The Morgan fingerprint density at radius 1 is 1.26 bits per heavy atom. The third kappa shape index (κ3) is 7.52. The van der Waals surface area contributed by atoms with Gasteiger partial charge >= 0.3 is 18.1 Å². The van der Waals surface area contributed by atoms with Gasteiger partial charge in [-0.15, -0.1) is 0 Å². The molecule has 1 aliphatic heterocycles. The van der Waals surface area contributed by atoms with Crippen LogP contribution in [0.25, 0.3) is 11.1 Å². The smallest absolute Gasteiger partial charge is 0.414 e. The third-order valence-electron chi connectivity index (χ3n) is 5.38. The number of halogens is 1. The highest BCUT2D eigenvalue weighted by atomic mass is 19.1. The van der Waals surface area contributed by atoms with E-state index in [9.17, 15) is 14.0 Å². The molecule has 1 aromatic heterocycles. The number of urea groups is 1. The predicted molar refractivity (Wildman–Crippen MR) is 126 cm³/mol. The van der Waals surface area contributed by atoms with Gasteiger partial charge in [-0.25, -0.2) is 23.9 Å². The van der Waals surface area contributed by atoms with E-state index < -0.39 is 17.9 Å². The molecular weight excluding hydrogens is 457 g/mol. The van der Waals surface area contributed by atoms with Crippen molar-refractivity contribution < 1.29 is 23.5 Å². The summed E-state index contributed by atoms with van der Waals surface area (Å²) in [6.45, 7) is 5.30. The molecule has 35 heavy (non-hydrogen) atoms. The number of nitrogens with one attached hydrogen (secondary N) is 3. The monoisotopic (exact) mass is 487 g/mol. The Balaban J connectivity index is 1.52. The number of alkyl carbamates (subject to hydrolysis) is 1. The molecule has 1 fully saturated rings. The molecule has 0 unspecified atom stereocenters. The number of likely N-dealkylation sites (tertiary alicyclic amines) is 1. The zero-order valence-corrected chi connectivity index (χ0v) is 19.7. The van der Waals surface area contributed by atoms with E-state index >= 15 is 0 Å². The molecule has 0 saturated carbocycles. The van der Waals surface area contributed by atoms with Crippen molar-refractivity contribution in [3.8, 4) is 17.1 Å². The van der Waals surface area contributed by atoms with E-state index in [0.717, 1.165) is 12.8 Å². The molecule has 3 amide bonds. The fourth-order valence-electron chi connectivity index (χ4n) is 3.57. The number of hydrogen-bond acceptors (Lipinski definition) is 7. The van der Waals surface area contributed by atoms with Crippen LogP contribution in [0.1, 0.15) is 32.3 Å². The fraction of sp³-hybridized carbons (Fsp3) is 0.435. The molecule has 1 saturated heterocycles. The summed E-state index contributed by atoms with van der Waals surface area (Å²) in [5, 5.41) is 11.9. The zero-order valence-electron chi connectivity index (χ0n) is 19.7. The van der Waals surface area contributed by atoms with E-state index in [0.29, 0.717) is 25.3 Å². The van der Waals surface area contributed by atoms with E-state index in [4.69, 9.17) is 20.6 Å². The van der Waals surface area contributed by atoms with Crippen molar-refractivity contribution in [3.05, 3.63) is 42.0 Å². The number of guanidine groups is 1. The number of aromatic nitrogens is 2. The molecule has 5 N–H and O–H groups in total. The second-order valence-corrected chi connectivity index (χ2v) is 8.49. The Kier molecular flexibility index (Phi) is 8.76. The summed E-state index contributed by atoms with van der Waals surface area (Å²) in [6, 6.07) is 4.92. The van der Waals surface area contributed by atoms with E-state index in [-0.39, 0.29) is 41.7 Å². The summed E-state index contributed by atoms with van der Waals surface area (Å²) in [5.41, 5.74) is 5.89. The van der Waals surface area contributed by atoms with Crippen LogP contribution in [0.2, 0.25) is 0 Å². The van der Waals surface area contributed by atoms with Gasteiger partial charge in [-0.2, -0.15) is 0 Å². The Labute approximate surface area is 202 Å². The van der Waals surface area contributed by atoms with Crippen LogP contribution in [-0.4, -0.2) is 58.7 Å². The highest BCUT2D eigenvalue weighted by molar-refractivity contribution is 5.90. The Hall–Kier alpha value is -3.96. The number of hydrogen-bond donors (Lipinski definition) is 4. The number of piperidine rings is 1. The molecule has 0 aliphatic carbocycles. The summed E-state index contributed by atoms with van der Waals surface area (Å²) < 4.78 is 25.5. The maximum atomic E-state index is 14.9. The quantitative estimate of drug-likeness (QED) is 0.345. The first kappa shape index (κ1) is 25.7. The molecule has 2 heterocycles. The van der Waals surface area contributed by atoms with Gasteiger partial charge in [0.05, 0.1) is 6.61 Å². The van der Waals surface area contributed by atoms with Crippen LogP contribution in [0.5, 0.6) is 6.01 Å². The number of rotatable bonds is 7. The molecule has 11 nitrogen and oxygen atoms in total. The number of carbonyl (C=O) groups excluding carboxylic acids is 2. The number of ether oxygens (including phenoxy) is 2. The van der Waals surface area contributed by atoms with Crippen molar-refractivity contribution in [1.82, 2.24) is 25.5 Å². The van der Waals surface area contributed by atoms with Gasteiger partial charge in [0.15, 0.2) is 5.96 Å². The van der Waals surface area contributed by atoms with Crippen LogP contribution in [0.3, 0.4) is 0 Å². The largest absolute Gasteiger partial charge is 0.463 e. The maximum absolute atomic E-state index is 14.9. The highest BCUT2D eigenvalue weighted by Gasteiger charge is 2.23. The lowest BCUT2D eigenvalue weighted by Crippen LogP contribution is -2.47. The first-order chi connectivity index (χ1) is 16.7. The third-order valence-corrected chi connectivity index (χ3v) is 5.38. The van der Waals surface area contributed by atoms with Gasteiger partial charge in [0, 0.05) is 48.2 Å². The Morgan fingerprint density at radius 2 is 1.94 bits per heavy atom. The van der Waals surface area contributed by atoms with Crippen LogP contribution in [0.4, 0.5) is 14.0 Å². The first-order valence-corrected chi connectivity index (χ1v) is 11.3. The average Bonchev–Trinajstić information content (AvgIpc) is 2.82. The van der Waals surface area contributed by atoms with Crippen LogP contribution in [0, 0.1) is 17.1 Å². The van der Waals surface area contributed by atoms with Crippen molar-refractivity contribution in [2.24, 2.45) is 11.7 Å². The van der Waals surface area contributed by atoms with Gasteiger partial charge in [0.25, 0.3) is 0 Å². The Bertz CT molecular complexity index is 1040. The normalized spacial score (nSPS) is 13.9. The molecular formula is C23H30FN7O4. The van der Waals surface area contributed by atoms with Crippen molar-refractivity contribution in [2.45, 2.75) is 39.3 Å². The second-order valence-electron chi connectivity index (χ2n) is 8.49. The summed E-state index contributed by atoms with van der Waals surface area (Å²) >= 11 is 0. The first-order valence-electron chi connectivity index (χ1n) is 11.3. The lowest BCUT2D eigenvalue weighted by atomic mass is 9.98. The molecule has 1 aliphatic rings. The molecule has 0 atom stereocenters. The minimum Gasteiger partial charge on any atom is -0.463 e. The second kappa shape index (κ2) is 12.0. The van der Waals surface area contributed by atoms with E-state index in [1.54, 1.807) is 12.1 Å². The molecule has 0 radical (unpaired) electrons. The van der Waals surface area contributed by atoms with Crippen LogP contribution >= 0.6 is 0 Å². The van der Waals surface area contributed by atoms with E-state index in [2.05, 4.69) is 15.3 Å². The van der Waals surface area contributed by atoms with Crippen LogP contribution in [-0.2, 0) is 11.3 Å². The number of nitrogens with two attached hydrogens (primary N) is 1. The zero-order chi connectivity index (χ0) is 25.4. The lowest BCUT2D eigenvalue weighted by molar-refractivity contribution is 0.140. The maximum Gasteiger partial charge on any atom is 0.414 e. The molecule has 1 aromatic carbocycles. The topological polar surface area (TPSA) is 156 Å². The molecule has 12 heteroatoms. The standard InChI is InChI=1S/C23H30FN7O4/c1-14(2)29-22(32)31-8-6-15(7-9-31)12-34-21-27-10-17(11-28-21)18-5-3-4-16(19(18)24)13-35-23(33)30-20(25)26/h3-5,10-11,14-15H,6-9,12-13H2,1-2H3,(H,29,32)(H4,25,26,30,33). The number of amides is 3. The minimum atomic E-state index is -0.948. The lowest BCUT2D eigenvalue weighted by Gasteiger charge is -2.32. The summed E-state index contributed by atoms with van der Waals surface area (Å²) in [7, 11) is 0. The number of benzene rings is 1.